The Morgan fingerprint density at radius 2 is 2.00 bits per heavy atom. The molecule has 3 rings (SSSR count). The van der Waals surface area contributed by atoms with Crippen LogP contribution in [0.1, 0.15) is 37.9 Å². The number of hydrogen-bond acceptors (Lipinski definition) is 7. The third-order valence-corrected chi connectivity index (χ3v) is 3.94. The van der Waals surface area contributed by atoms with Crippen LogP contribution in [0.4, 0.5) is 0 Å². The van der Waals surface area contributed by atoms with Crippen LogP contribution in [-0.4, -0.2) is 24.7 Å². The van der Waals surface area contributed by atoms with Crippen molar-refractivity contribution < 1.29 is 11.6 Å². The summed E-state index contributed by atoms with van der Waals surface area (Å²) in [5.74, 6) is -2.04. The molecule has 0 saturated carbocycles. The van der Waals surface area contributed by atoms with Gasteiger partial charge in [0.05, 0.1) is 24.7 Å². The van der Waals surface area contributed by atoms with E-state index in [2.05, 4.69) is 15.1 Å². The fourth-order valence-corrected chi connectivity index (χ4v) is 2.62. The van der Waals surface area contributed by atoms with Gasteiger partial charge in [0.2, 0.25) is 11.6 Å². The van der Waals surface area contributed by atoms with Gasteiger partial charge in [-0.15, -0.1) is 5.10 Å². The number of aromatic amines is 2. The number of nitrogens with zero attached hydrogens (tertiary/aromatic N) is 4. The minimum Gasteiger partial charge on any atom is -0.434 e. The predicted octanol–water partition coefficient (Wildman–Crippen LogP) is 2.10. The molecule has 0 amide bonds. The third-order valence-electron chi connectivity index (χ3n) is 3.41. The zero-order valence-corrected chi connectivity index (χ0v) is 15.8. The van der Waals surface area contributed by atoms with Crippen molar-refractivity contribution in [2.45, 2.75) is 19.7 Å². The molecule has 1 aromatic carbocycles. The normalized spacial score (nSPS) is 14.6. The molecule has 0 spiro atoms. The Kier molecular flexibility index (Phi) is 3.97. The smallest absolute Gasteiger partial charge is 0.349 e. The second kappa shape index (κ2) is 7.90. The van der Waals surface area contributed by atoms with Crippen LogP contribution in [0.3, 0.4) is 0 Å². The summed E-state index contributed by atoms with van der Waals surface area (Å²) in [5.41, 5.74) is -4.59. The molecule has 148 valence electrons. The first-order valence-corrected chi connectivity index (χ1v) is 8.43. The number of benzene rings is 1. The lowest BCUT2D eigenvalue weighted by Gasteiger charge is -2.12. The number of H-pyrrole nitrogens is 2. The topological polar surface area (TPSA) is 147 Å². The Bertz CT molecular complexity index is 1500. The van der Waals surface area contributed by atoms with Gasteiger partial charge in [0.15, 0.2) is 5.75 Å². The Hall–Kier alpha value is -3.42. The summed E-state index contributed by atoms with van der Waals surface area (Å²) in [5, 5.41) is 11.5. The molecule has 1 unspecified atom stereocenters. The number of aromatic nitrogens is 5. The molecule has 0 aliphatic rings. The van der Waals surface area contributed by atoms with Crippen LogP contribution in [0.2, 0.25) is 10.0 Å². The summed E-state index contributed by atoms with van der Waals surface area (Å²) in [4.78, 5) is 43.8. The second-order valence-electron chi connectivity index (χ2n) is 5.46. The van der Waals surface area contributed by atoms with Crippen LogP contribution < -0.4 is 21.5 Å². The highest BCUT2D eigenvalue weighted by atomic mass is 35.5. The van der Waals surface area contributed by atoms with Gasteiger partial charge in [-0.1, -0.05) is 37.0 Å². The van der Waals surface area contributed by atoms with E-state index in [1.165, 1.54) is 13.0 Å². The van der Waals surface area contributed by atoms with E-state index in [9.17, 15) is 14.4 Å². The van der Waals surface area contributed by atoms with Gasteiger partial charge >= 0.3 is 5.69 Å². The van der Waals surface area contributed by atoms with Crippen LogP contribution in [0, 0.1) is 11.3 Å². The van der Waals surface area contributed by atoms with Gasteiger partial charge in [0.1, 0.15) is 11.8 Å². The molecule has 10 nitrogen and oxygen atoms in total. The van der Waals surface area contributed by atoms with Crippen LogP contribution in [0.15, 0.2) is 32.7 Å². The molecule has 0 bridgehead atoms. The van der Waals surface area contributed by atoms with E-state index in [1.54, 1.807) is 0 Å². The van der Waals surface area contributed by atoms with E-state index < -0.39 is 68.8 Å². The average molecular weight is 440 g/mol. The first-order valence-electron chi connectivity index (χ1n) is 10.2. The highest BCUT2D eigenvalue weighted by Gasteiger charge is 2.16. The van der Waals surface area contributed by atoms with Crippen molar-refractivity contribution in [2.75, 3.05) is 0 Å². The Balaban J connectivity index is 2.17. The van der Waals surface area contributed by atoms with Gasteiger partial charge in [-0.25, -0.2) is 9.78 Å². The number of hydrogen-bond donors (Lipinski definition) is 2. The summed E-state index contributed by atoms with van der Waals surface area (Å²) in [6.45, 7) is -1.26. The van der Waals surface area contributed by atoms with Crippen molar-refractivity contribution in [1.29, 1.82) is 5.26 Å². The van der Waals surface area contributed by atoms with Gasteiger partial charge < -0.3 is 9.72 Å². The highest BCUT2D eigenvalue weighted by molar-refractivity contribution is 6.37. The van der Waals surface area contributed by atoms with Crippen LogP contribution >= 0.6 is 23.2 Å². The third kappa shape index (κ3) is 4.06. The van der Waals surface area contributed by atoms with E-state index >= 15 is 0 Å². The van der Waals surface area contributed by atoms with E-state index in [1.807, 2.05) is 4.98 Å². The number of nitriles is 1. The Morgan fingerprint density at radius 3 is 2.62 bits per heavy atom. The van der Waals surface area contributed by atoms with E-state index in [0.717, 1.165) is 6.20 Å². The summed E-state index contributed by atoms with van der Waals surface area (Å²) in [6, 6.07) is 0.131. The van der Waals surface area contributed by atoms with Crippen molar-refractivity contribution in [1.82, 2.24) is 24.7 Å². The fourth-order valence-electron chi connectivity index (χ4n) is 2.12. The number of halogens is 2. The van der Waals surface area contributed by atoms with Crippen LogP contribution in [0.25, 0.3) is 5.69 Å². The minimum atomic E-state index is -2.53. The van der Waals surface area contributed by atoms with Crippen molar-refractivity contribution in [2.24, 2.45) is 0 Å². The SMILES string of the molecule is [2H]c1c(Cl)c(Oc2c[nH]c(=O)c(C(C)C([2H])([2H])[2H])n2)c(Cl)c([2H])c1-n1nc(C#N)c(=O)[nH]c1=O. The van der Waals surface area contributed by atoms with Gasteiger partial charge in [-0.2, -0.15) is 9.94 Å². The molecule has 0 fully saturated rings. The molecule has 0 saturated heterocycles. The average Bonchev–Trinajstić information content (AvgIpc) is 2.76. The molecule has 12 heteroatoms. The standard InChI is InChI=1S/C17H12Cl2N6O4/c1-7(2)13-16(27)21-6-12(22-13)29-14-9(18)3-8(4-10(14)19)25-17(28)23-15(26)11(5-20)24-25/h3-4,6-7H,1-2H3,(H,21,27)(H,23,26,28)/i1D3,3D,4D. The summed E-state index contributed by atoms with van der Waals surface area (Å²) < 4.78 is 44.9. The molecule has 2 heterocycles. The zero-order chi connectivity index (χ0) is 25.5. The van der Waals surface area contributed by atoms with Crippen LogP contribution in [0.5, 0.6) is 11.6 Å². The van der Waals surface area contributed by atoms with Gasteiger partial charge in [-0.05, 0) is 12.1 Å². The largest absolute Gasteiger partial charge is 0.434 e. The molecule has 3 aromatic rings. The van der Waals surface area contributed by atoms with E-state index in [-0.39, 0.29) is 11.6 Å². The van der Waals surface area contributed by atoms with Gasteiger partial charge in [0, 0.05) is 10.0 Å². The van der Waals surface area contributed by atoms with E-state index in [4.69, 9.17) is 40.1 Å². The molecule has 2 N–H and O–H groups in total. The Labute approximate surface area is 179 Å². The number of nitrogens with one attached hydrogen (secondary N) is 2. The fraction of sp³-hybridized carbons (Fsp3) is 0.176. The molecule has 1 atom stereocenters. The lowest BCUT2D eigenvalue weighted by Crippen LogP contribution is -2.33. The number of ether oxygens (including phenoxy) is 1. The summed E-state index contributed by atoms with van der Waals surface area (Å²) >= 11 is 12.4. The quantitative estimate of drug-likeness (QED) is 0.632. The Morgan fingerprint density at radius 1 is 1.31 bits per heavy atom. The van der Waals surface area contributed by atoms with E-state index in [0.29, 0.717) is 4.68 Å². The molecule has 29 heavy (non-hydrogen) atoms. The maximum atomic E-state index is 12.2. The zero-order valence-electron chi connectivity index (χ0n) is 19.3. The number of rotatable bonds is 4. The van der Waals surface area contributed by atoms with Crippen molar-refractivity contribution >= 4 is 23.2 Å². The van der Waals surface area contributed by atoms with Gasteiger partial charge in [0.25, 0.3) is 11.1 Å². The van der Waals surface area contributed by atoms with Gasteiger partial charge in [-0.3, -0.25) is 14.6 Å². The monoisotopic (exact) mass is 439 g/mol. The molecule has 0 aliphatic heterocycles. The summed E-state index contributed by atoms with van der Waals surface area (Å²) in [7, 11) is 0. The maximum absolute atomic E-state index is 12.2. The first kappa shape index (κ1) is 14.6. The highest BCUT2D eigenvalue weighted by Crippen LogP contribution is 2.37. The first-order chi connectivity index (χ1) is 15.8. The lowest BCUT2D eigenvalue weighted by molar-refractivity contribution is 0.455. The molecule has 0 aliphatic carbocycles. The molecular weight excluding hydrogens is 423 g/mol. The second-order valence-corrected chi connectivity index (χ2v) is 6.22. The summed E-state index contributed by atoms with van der Waals surface area (Å²) in [6.07, 6.45) is 0.999. The minimum absolute atomic E-state index is 0.341. The van der Waals surface area contributed by atoms with Crippen LogP contribution in [-0.2, 0) is 0 Å². The molecule has 2 aromatic heterocycles. The van der Waals surface area contributed by atoms with Crippen molar-refractivity contribution in [3.05, 3.63) is 70.9 Å². The molecular formula is C17H12Cl2N6O4. The van der Waals surface area contributed by atoms with Crippen molar-refractivity contribution in [3.63, 3.8) is 0 Å². The lowest BCUT2D eigenvalue weighted by atomic mass is 10.1. The predicted molar refractivity (Wildman–Crippen MR) is 104 cm³/mol. The van der Waals surface area contributed by atoms with Crippen molar-refractivity contribution in [3.8, 4) is 23.4 Å². The maximum Gasteiger partial charge on any atom is 0.349 e. The molecule has 0 radical (unpaired) electrons.